The standard InChI is InChI=1S/C24H24ClN3O2/c1-3-18(15-26-2)16-27-17-20-13-19-9-10-21(25)14-23(19)28(24(20)29)11-12-30-22-7-5-4-6-8-22/h3-10,13-15,27H,1-2,11-12,16-17H2/b18-15+. The minimum Gasteiger partial charge on any atom is -0.492 e. The van der Waals surface area contributed by atoms with Crippen molar-refractivity contribution in [1.82, 2.24) is 9.88 Å². The molecule has 0 aliphatic heterocycles. The lowest BCUT2D eigenvalue weighted by Gasteiger charge is -2.14. The summed E-state index contributed by atoms with van der Waals surface area (Å²) in [6.07, 6.45) is 3.35. The van der Waals surface area contributed by atoms with Crippen LogP contribution in [-0.4, -0.2) is 24.4 Å². The Hall–Kier alpha value is -3.15. The quantitative estimate of drug-likeness (QED) is 0.384. The van der Waals surface area contributed by atoms with Crippen molar-refractivity contribution < 1.29 is 4.74 Å². The maximum atomic E-state index is 13.2. The number of rotatable bonds is 10. The van der Waals surface area contributed by atoms with Crippen LogP contribution < -0.4 is 15.6 Å². The molecule has 3 rings (SSSR count). The lowest BCUT2D eigenvalue weighted by atomic mass is 10.1. The van der Waals surface area contributed by atoms with Gasteiger partial charge >= 0.3 is 0 Å². The van der Waals surface area contributed by atoms with Gasteiger partial charge in [-0.1, -0.05) is 48.5 Å². The van der Waals surface area contributed by atoms with Crippen LogP contribution in [0.1, 0.15) is 5.56 Å². The van der Waals surface area contributed by atoms with E-state index < -0.39 is 0 Å². The predicted molar refractivity (Wildman–Crippen MR) is 125 cm³/mol. The number of para-hydroxylation sites is 1. The number of aromatic nitrogens is 1. The van der Waals surface area contributed by atoms with Crippen molar-refractivity contribution in [2.75, 3.05) is 13.2 Å². The first-order valence-electron chi connectivity index (χ1n) is 9.60. The SMILES string of the molecule is C=C/C(=C\N=C)CNCc1cc2ccc(Cl)cc2n(CCOc2ccccc2)c1=O. The maximum Gasteiger partial charge on any atom is 0.255 e. The van der Waals surface area contributed by atoms with Crippen LogP contribution in [0.15, 0.2) is 88.8 Å². The minimum atomic E-state index is -0.0695. The number of halogens is 1. The number of fused-ring (bicyclic) bond motifs is 1. The van der Waals surface area contributed by atoms with Crippen LogP contribution in [0.5, 0.6) is 5.75 Å². The Morgan fingerprint density at radius 1 is 1.20 bits per heavy atom. The second-order valence-corrected chi connectivity index (χ2v) is 7.12. The van der Waals surface area contributed by atoms with E-state index in [1.165, 1.54) is 0 Å². The van der Waals surface area contributed by atoms with Crippen LogP contribution in [0.4, 0.5) is 0 Å². The highest BCUT2D eigenvalue weighted by Crippen LogP contribution is 2.19. The monoisotopic (exact) mass is 421 g/mol. The summed E-state index contributed by atoms with van der Waals surface area (Å²) >= 11 is 6.19. The van der Waals surface area contributed by atoms with E-state index in [4.69, 9.17) is 16.3 Å². The number of nitrogens with one attached hydrogen (secondary N) is 1. The third-order valence-corrected chi connectivity index (χ3v) is 4.86. The molecule has 0 spiro atoms. The van der Waals surface area contributed by atoms with E-state index in [0.29, 0.717) is 36.8 Å². The van der Waals surface area contributed by atoms with Crippen molar-refractivity contribution in [3.05, 3.63) is 100.0 Å². The van der Waals surface area contributed by atoms with Gasteiger partial charge in [0, 0.05) is 29.9 Å². The molecule has 0 atom stereocenters. The molecular formula is C24H24ClN3O2. The molecule has 0 unspecified atom stereocenters. The van der Waals surface area contributed by atoms with Crippen LogP contribution in [0, 0.1) is 0 Å². The zero-order chi connectivity index (χ0) is 21.3. The summed E-state index contributed by atoms with van der Waals surface area (Å²) in [4.78, 5) is 16.9. The molecule has 0 radical (unpaired) electrons. The highest BCUT2D eigenvalue weighted by atomic mass is 35.5. The third-order valence-electron chi connectivity index (χ3n) is 4.62. The summed E-state index contributed by atoms with van der Waals surface area (Å²) in [5.41, 5.74) is 2.28. The molecule has 0 amide bonds. The van der Waals surface area contributed by atoms with Gasteiger partial charge in [-0.15, -0.1) is 0 Å². The number of benzene rings is 2. The molecule has 1 N–H and O–H groups in total. The first-order valence-corrected chi connectivity index (χ1v) is 9.98. The summed E-state index contributed by atoms with van der Waals surface area (Å²) in [6.45, 7) is 8.95. The van der Waals surface area contributed by atoms with E-state index in [-0.39, 0.29) is 5.56 Å². The average molecular weight is 422 g/mol. The molecule has 1 aromatic heterocycles. The zero-order valence-corrected chi connectivity index (χ0v) is 17.4. The van der Waals surface area contributed by atoms with Crippen molar-refractivity contribution in [2.45, 2.75) is 13.1 Å². The average Bonchev–Trinajstić information content (AvgIpc) is 2.76. The molecule has 2 aromatic carbocycles. The maximum absolute atomic E-state index is 13.2. The van der Waals surface area contributed by atoms with Gasteiger partial charge in [0.1, 0.15) is 12.4 Å². The number of hydrogen-bond acceptors (Lipinski definition) is 4. The highest BCUT2D eigenvalue weighted by Gasteiger charge is 2.10. The van der Waals surface area contributed by atoms with Crippen LogP contribution in [0.25, 0.3) is 10.9 Å². The Balaban J connectivity index is 1.83. The second-order valence-electron chi connectivity index (χ2n) is 6.69. The molecule has 0 bridgehead atoms. The Morgan fingerprint density at radius 3 is 2.73 bits per heavy atom. The van der Waals surface area contributed by atoms with Crippen LogP contribution in [-0.2, 0) is 13.1 Å². The molecule has 0 aliphatic carbocycles. The third kappa shape index (κ3) is 5.47. The Morgan fingerprint density at radius 2 is 2.00 bits per heavy atom. The van der Waals surface area contributed by atoms with E-state index in [9.17, 15) is 4.79 Å². The molecule has 30 heavy (non-hydrogen) atoms. The number of ether oxygens (including phenoxy) is 1. The molecule has 1 heterocycles. The smallest absolute Gasteiger partial charge is 0.255 e. The van der Waals surface area contributed by atoms with Crippen molar-refractivity contribution in [2.24, 2.45) is 4.99 Å². The summed E-state index contributed by atoms with van der Waals surface area (Å²) < 4.78 is 7.51. The van der Waals surface area contributed by atoms with E-state index in [0.717, 1.165) is 22.2 Å². The van der Waals surface area contributed by atoms with E-state index in [1.807, 2.05) is 54.6 Å². The van der Waals surface area contributed by atoms with E-state index in [2.05, 4.69) is 23.6 Å². The lowest BCUT2D eigenvalue weighted by molar-refractivity contribution is 0.298. The molecule has 0 aliphatic rings. The lowest BCUT2D eigenvalue weighted by Crippen LogP contribution is -2.29. The minimum absolute atomic E-state index is 0.0695. The highest BCUT2D eigenvalue weighted by molar-refractivity contribution is 6.31. The van der Waals surface area contributed by atoms with Gasteiger partial charge in [0.05, 0.1) is 12.1 Å². The van der Waals surface area contributed by atoms with Crippen LogP contribution in [0.2, 0.25) is 5.02 Å². The largest absolute Gasteiger partial charge is 0.492 e. The van der Waals surface area contributed by atoms with Gasteiger partial charge in [-0.25, -0.2) is 0 Å². The van der Waals surface area contributed by atoms with Gasteiger partial charge in [-0.05, 0) is 48.0 Å². The van der Waals surface area contributed by atoms with Crippen molar-refractivity contribution in [3.63, 3.8) is 0 Å². The van der Waals surface area contributed by atoms with Gasteiger partial charge in [-0.3, -0.25) is 9.79 Å². The number of aliphatic imine (C=N–C) groups is 1. The molecule has 0 saturated heterocycles. The van der Waals surface area contributed by atoms with Crippen LogP contribution >= 0.6 is 11.6 Å². The van der Waals surface area contributed by atoms with Crippen molar-refractivity contribution in [1.29, 1.82) is 0 Å². The first-order chi connectivity index (χ1) is 14.6. The molecule has 3 aromatic rings. The number of hydrogen-bond donors (Lipinski definition) is 1. The Kier molecular flexibility index (Phi) is 7.60. The molecule has 0 saturated carbocycles. The van der Waals surface area contributed by atoms with Gasteiger partial charge in [-0.2, -0.15) is 0 Å². The molecular weight excluding hydrogens is 398 g/mol. The number of pyridine rings is 1. The van der Waals surface area contributed by atoms with Crippen molar-refractivity contribution in [3.8, 4) is 5.75 Å². The summed E-state index contributed by atoms with van der Waals surface area (Å²) in [6, 6.07) is 17.0. The van der Waals surface area contributed by atoms with Crippen molar-refractivity contribution >= 4 is 29.2 Å². The molecule has 5 nitrogen and oxygen atoms in total. The molecule has 154 valence electrons. The fourth-order valence-corrected chi connectivity index (χ4v) is 3.32. The topological polar surface area (TPSA) is 55.6 Å². The van der Waals surface area contributed by atoms with Gasteiger partial charge in [0.25, 0.3) is 5.56 Å². The zero-order valence-electron chi connectivity index (χ0n) is 16.7. The van der Waals surface area contributed by atoms with Gasteiger partial charge < -0.3 is 14.6 Å². The van der Waals surface area contributed by atoms with Gasteiger partial charge in [0.15, 0.2) is 0 Å². The number of nitrogens with zero attached hydrogens (tertiary/aromatic N) is 2. The fraction of sp³-hybridized carbons (Fsp3) is 0.167. The molecule has 6 heteroatoms. The Bertz CT molecular complexity index is 1120. The normalized spacial score (nSPS) is 11.4. The predicted octanol–water partition coefficient (Wildman–Crippen LogP) is 4.59. The Labute approximate surface area is 181 Å². The first kappa shape index (κ1) is 21.6. The van der Waals surface area contributed by atoms with Crippen LogP contribution in [0.3, 0.4) is 0 Å². The summed E-state index contributed by atoms with van der Waals surface area (Å²) in [7, 11) is 0. The van der Waals surface area contributed by atoms with Gasteiger partial charge in [0.2, 0.25) is 0 Å². The molecule has 0 fully saturated rings. The van der Waals surface area contributed by atoms with E-state index in [1.54, 1.807) is 16.8 Å². The second kappa shape index (κ2) is 10.6. The van der Waals surface area contributed by atoms with E-state index >= 15 is 0 Å². The summed E-state index contributed by atoms with van der Waals surface area (Å²) in [5.74, 6) is 0.769. The summed E-state index contributed by atoms with van der Waals surface area (Å²) in [5, 5.41) is 4.80. The fourth-order valence-electron chi connectivity index (χ4n) is 3.15.